The molecule has 0 radical (unpaired) electrons. The maximum absolute atomic E-state index is 13.6. The number of carboxylic acid groups (broad SMARTS) is 1. The first kappa shape index (κ1) is 14.8. The highest BCUT2D eigenvalue weighted by atomic mass is 32.1. The van der Waals surface area contributed by atoms with Crippen molar-refractivity contribution in [1.82, 2.24) is 4.98 Å². The van der Waals surface area contributed by atoms with Crippen molar-refractivity contribution in [3.05, 3.63) is 50.0 Å². The van der Waals surface area contributed by atoms with Crippen LogP contribution in [0.4, 0.5) is 20.2 Å². The molecule has 21 heavy (non-hydrogen) atoms. The van der Waals surface area contributed by atoms with Gasteiger partial charge in [0.1, 0.15) is 10.7 Å². The van der Waals surface area contributed by atoms with E-state index in [0.717, 1.165) is 11.3 Å². The third-order valence-corrected chi connectivity index (χ3v) is 3.27. The summed E-state index contributed by atoms with van der Waals surface area (Å²) in [5.74, 6) is -3.43. The number of nitrogens with one attached hydrogen (secondary N) is 1. The Bertz CT molecular complexity index is 696. The number of benzene rings is 1. The molecule has 0 aliphatic carbocycles. The first-order valence-corrected chi connectivity index (χ1v) is 6.31. The number of nitrogens with zero attached hydrogens (tertiary/aromatic N) is 2. The van der Waals surface area contributed by atoms with Crippen molar-refractivity contribution >= 4 is 28.7 Å². The lowest BCUT2D eigenvalue weighted by molar-refractivity contribution is -0.385. The largest absolute Gasteiger partial charge is 0.476 e. The molecule has 1 aromatic heterocycles. The minimum Gasteiger partial charge on any atom is -0.476 e. The highest BCUT2D eigenvalue weighted by molar-refractivity contribution is 7.09. The molecule has 7 nitrogen and oxygen atoms in total. The van der Waals surface area contributed by atoms with Crippen molar-refractivity contribution in [3.63, 3.8) is 0 Å². The third-order valence-electron chi connectivity index (χ3n) is 2.42. The topological polar surface area (TPSA) is 105 Å². The minimum absolute atomic E-state index is 0.108. The van der Waals surface area contributed by atoms with Gasteiger partial charge in [0.15, 0.2) is 17.3 Å². The van der Waals surface area contributed by atoms with Crippen LogP contribution in [0.1, 0.15) is 15.5 Å². The molecule has 0 fully saturated rings. The predicted octanol–water partition coefficient (Wildman–Crippen LogP) is 2.64. The number of nitro benzene ring substituents is 1. The number of rotatable bonds is 5. The number of aromatic carboxylic acids is 1. The van der Waals surface area contributed by atoms with Crippen molar-refractivity contribution in [2.45, 2.75) is 6.54 Å². The SMILES string of the molecule is O=C(O)c1csc(CNc2c(F)cc([N+](=O)[O-])cc2F)n1. The molecule has 0 unspecified atom stereocenters. The van der Waals surface area contributed by atoms with Gasteiger partial charge in [-0.3, -0.25) is 10.1 Å². The number of carbonyl (C=O) groups is 1. The Morgan fingerprint density at radius 2 is 2.05 bits per heavy atom. The summed E-state index contributed by atoms with van der Waals surface area (Å²) in [5.41, 5.74) is -1.40. The zero-order valence-corrected chi connectivity index (χ0v) is 11.0. The number of anilines is 1. The number of thiazole rings is 1. The lowest BCUT2D eigenvalue weighted by atomic mass is 10.2. The molecule has 1 aromatic carbocycles. The van der Waals surface area contributed by atoms with E-state index in [1.54, 1.807) is 0 Å². The van der Waals surface area contributed by atoms with Gasteiger partial charge in [0.2, 0.25) is 0 Å². The molecule has 0 aliphatic rings. The predicted molar refractivity (Wildman–Crippen MR) is 69.4 cm³/mol. The molecule has 1 heterocycles. The Morgan fingerprint density at radius 3 is 2.52 bits per heavy atom. The quantitative estimate of drug-likeness (QED) is 0.649. The molecule has 0 amide bonds. The zero-order chi connectivity index (χ0) is 15.6. The van der Waals surface area contributed by atoms with Crippen molar-refractivity contribution in [2.24, 2.45) is 0 Å². The molecule has 0 saturated heterocycles. The molecule has 0 spiro atoms. The molecule has 0 bridgehead atoms. The van der Waals surface area contributed by atoms with Crippen LogP contribution in [0.3, 0.4) is 0 Å². The van der Waals surface area contributed by atoms with Gasteiger partial charge in [-0.25, -0.2) is 18.6 Å². The molecule has 2 aromatic rings. The Kier molecular flexibility index (Phi) is 4.08. The maximum Gasteiger partial charge on any atom is 0.355 e. The lowest BCUT2D eigenvalue weighted by Gasteiger charge is -2.06. The summed E-state index contributed by atoms with van der Waals surface area (Å²) >= 11 is 1.01. The van der Waals surface area contributed by atoms with Gasteiger partial charge in [-0.1, -0.05) is 0 Å². The van der Waals surface area contributed by atoms with Gasteiger partial charge in [0, 0.05) is 5.38 Å². The molecule has 2 rings (SSSR count). The first-order chi connectivity index (χ1) is 9.88. The van der Waals surface area contributed by atoms with Crippen LogP contribution in [0.2, 0.25) is 0 Å². The lowest BCUT2D eigenvalue weighted by Crippen LogP contribution is -2.05. The van der Waals surface area contributed by atoms with Gasteiger partial charge in [-0.05, 0) is 0 Å². The summed E-state index contributed by atoms with van der Waals surface area (Å²) < 4.78 is 27.2. The Morgan fingerprint density at radius 1 is 1.43 bits per heavy atom. The average molecular weight is 315 g/mol. The second-order valence-electron chi connectivity index (χ2n) is 3.83. The summed E-state index contributed by atoms with van der Waals surface area (Å²) in [6.07, 6.45) is 0. The number of hydrogen-bond donors (Lipinski definition) is 2. The van der Waals surface area contributed by atoms with Gasteiger partial charge >= 0.3 is 5.97 Å². The molecule has 10 heteroatoms. The van der Waals surface area contributed by atoms with Crippen molar-refractivity contribution in [3.8, 4) is 0 Å². The van der Waals surface area contributed by atoms with E-state index in [1.165, 1.54) is 5.38 Å². The summed E-state index contributed by atoms with van der Waals surface area (Å²) in [4.78, 5) is 23.9. The molecule has 0 aliphatic heterocycles. The fraction of sp³-hybridized carbons (Fsp3) is 0.0909. The van der Waals surface area contributed by atoms with Crippen LogP contribution in [-0.2, 0) is 6.54 Å². The van der Waals surface area contributed by atoms with Gasteiger partial charge in [-0.2, -0.15) is 0 Å². The number of carboxylic acids is 1. The third kappa shape index (κ3) is 3.28. The van der Waals surface area contributed by atoms with Crippen molar-refractivity contribution in [2.75, 3.05) is 5.32 Å². The second kappa shape index (κ2) is 5.79. The fourth-order valence-corrected chi connectivity index (χ4v) is 2.20. The highest BCUT2D eigenvalue weighted by Crippen LogP contribution is 2.25. The van der Waals surface area contributed by atoms with Crippen LogP contribution in [0.5, 0.6) is 0 Å². The van der Waals surface area contributed by atoms with Crippen LogP contribution in [0.25, 0.3) is 0 Å². The monoisotopic (exact) mass is 315 g/mol. The summed E-state index contributed by atoms with van der Waals surface area (Å²) in [7, 11) is 0. The highest BCUT2D eigenvalue weighted by Gasteiger charge is 2.17. The van der Waals surface area contributed by atoms with E-state index in [0.29, 0.717) is 17.1 Å². The van der Waals surface area contributed by atoms with Crippen LogP contribution in [0.15, 0.2) is 17.5 Å². The van der Waals surface area contributed by atoms with Crippen LogP contribution in [0, 0.1) is 21.7 Å². The van der Waals surface area contributed by atoms with E-state index < -0.39 is 33.9 Å². The van der Waals surface area contributed by atoms with Gasteiger partial charge < -0.3 is 10.4 Å². The molecule has 0 atom stereocenters. The van der Waals surface area contributed by atoms with Gasteiger partial charge in [0.25, 0.3) is 5.69 Å². The van der Waals surface area contributed by atoms with E-state index >= 15 is 0 Å². The number of hydrogen-bond acceptors (Lipinski definition) is 6. The Balaban J connectivity index is 2.16. The van der Waals surface area contributed by atoms with E-state index in [4.69, 9.17) is 5.11 Å². The maximum atomic E-state index is 13.6. The number of nitro groups is 1. The summed E-state index contributed by atoms with van der Waals surface area (Å²) in [6, 6.07) is 1.19. The molecule has 0 saturated carbocycles. The number of halogens is 2. The van der Waals surface area contributed by atoms with E-state index in [9.17, 15) is 23.7 Å². The van der Waals surface area contributed by atoms with Crippen LogP contribution in [-0.4, -0.2) is 21.0 Å². The average Bonchev–Trinajstić information content (AvgIpc) is 2.86. The van der Waals surface area contributed by atoms with E-state index in [-0.39, 0.29) is 12.2 Å². The molecule has 110 valence electrons. The fourth-order valence-electron chi connectivity index (χ4n) is 1.49. The zero-order valence-electron chi connectivity index (χ0n) is 10.2. The van der Waals surface area contributed by atoms with Gasteiger partial charge in [0.05, 0.1) is 23.6 Å². The first-order valence-electron chi connectivity index (χ1n) is 5.43. The Hall–Kier alpha value is -2.62. The molecular formula is C11H7F2N3O4S. The minimum atomic E-state index is -1.20. The number of aromatic nitrogens is 1. The Labute approximate surface area is 120 Å². The molecule has 2 N–H and O–H groups in total. The molecular weight excluding hydrogens is 308 g/mol. The normalized spacial score (nSPS) is 10.4. The summed E-state index contributed by atoms with van der Waals surface area (Å²) in [6.45, 7) is -0.108. The second-order valence-corrected chi connectivity index (χ2v) is 4.77. The smallest absolute Gasteiger partial charge is 0.355 e. The standard InChI is InChI=1S/C11H7F2N3O4S/c12-6-1-5(16(19)20)2-7(13)10(6)14-3-9-15-8(4-21-9)11(17)18/h1-2,4,14H,3H2,(H,17,18). The van der Waals surface area contributed by atoms with Crippen LogP contribution < -0.4 is 5.32 Å². The van der Waals surface area contributed by atoms with E-state index in [2.05, 4.69) is 10.3 Å². The summed E-state index contributed by atoms with van der Waals surface area (Å²) in [5, 5.41) is 23.1. The van der Waals surface area contributed by atoms with Gasteiger partial charge in [-0.15, -0.1) is 11.3 Å². The number of non-ortho nitro benzene ring substituents is 1. The van der Waals surface area contributed by atoms with Crippen molar-refractivity contribution < 1.29 is 23.6 Å². The van der Waals surface area contributed by atoms with Crippen LogP contribution >= 0.6 is 11.3 Å². The van der Waals surface area contributed by atoms with E-state index in [1.807, 2.05) is 0 Å². The van der Waals surface area contributed by atoms with Crippen molar-refractivity contribution in [1.29, 1.82) is 0 Å².